The van der Waals surface area contributed by atoms with Crippen LogP contribution < -0.4 is 4.74 Å². The molecule has 5 heteroatoms. The summed E-state index contributed by atoms with van der Waals surface area (Å²) < 4.78 is 7.50. The molecule has 0 saturated carbocycles. The summed E-state index contributed by atoms with van der Waals surface area (Å²) in [4.78, 5) is 12.6. The molecule has 4 aromatic carbocycles. The van der Waals surface area contributed by atoms with Gasteiger partial charge < -0.3 is 4.74 Å². The van der Waals surface area contributed by atoms with E-state index in [9.17, 15) is 4.79 Å². The van der Waals surface area contributed by atoms with Gasteiger partial charge in [0.25, 0.3) is 0 Å². The minimum absolute atomic E-state index is 0.376. The molecule has 5 aromatic rings. The van der Waals surface area contributed by atoms with Crippen LogP contribution in [0.25, 0.3) is 21.8 Å². The highest BCUT2D eigenvalue weighted by Crippen LogP contribution is 2.26. The molecule has 0 aliphatic heterocycles. The summed E-state index contributed by atoms with van der Waals surface area (Å²) in [5, 5.41) is 10.3. The van der Waals surface area contributed by atoms with Gasteiger partial charge in [-0.15, -0.1) is 5.10 Å². The third-order valence-corrected chi connectivity index (χ3v) is 4.89. The topological polar surface area (TPSA) is 57.0 Å². The number of ether oxygens (including phenoxy) is 1. The molecular weight excluding hydrogens is 362 g/mol. The Morgan fingerprint density at radius 1 is 0.828 bits per heavy atom. The number of fused-ring (bicyclic) bond motifs is 2. The Hall–Kier alpha value is -3.99. The Bertz CT molecular complexity index is 1320. The largest absolute Gasteiger partial charge is 0.422 e. The predicted molar refractivity (Wildman–Crippen MR) is 112 cm³/mol. The van der Waals surface area contributed by atoms with Crippen LogP contribution in [0, 0.1) is 0 Å². The molecule has 0 spiro atoms. The van der Waals surface area contributed by atoms with E-state index in [2.05, 4.69) is 10.3 Å². The van der Waals surface area contributed by atoms with Gasteiger partial charge in [-0.05, 0) is 41.3 Å². The Morgan fingerprint density at radius 3 is 2.48 bits per heavy atom. The molecule has 0 aliphatic carbocycles. The summed E-state index contributed by atoms with van der Waals surface area (Å²) >= 11 is 0. The summed E-state index contributed by atoms with van der Waals surface area (Å²) in [5.74, 6) is 0.186. The predicted octanol–water partition coefficient (Wildman–Crippen LogP) is 4.85. The lowest BCUT2D eigenvalue weighted by Gasteiger charge is -2.08. The van der Waals surface area contributed by atoms with Crippen LogP contribution in [0.5, 0.6) is 5.75 Å². The van der Waals surface area contributed by atoms with E-state index in [4.69, 9.17) is 4.74 Å². The van der Waals surface area contributed by atoms with Crippen LogP contribution in [0.4, 0.5) is 0 Å². The number of hydrogen-bond acceptors (Lipinski definition) is 4. The van der Waals surface area contributed by atoms with Gasteiger partial charge in [-0.3, -0.25) is 0 Å². The van der Waals surface area contributed by atoms with Crippen molar-refractivity contribution in [1.29, 1.82) is 0 Å². The highest BCUT2D eigenvalue weighted by Gasteiger charge is 2.11. The lowest BCUT2D eigenvalue weighted by molar-refractivity contribution is 0.0737. The summed E-state index contributed by atoms with van der Waals surface area (Å²) in [6.07, 6.45) is 0. The number of benzene rings is 4. The zero-order valence-corrected chi connectivity index (χ0v) is 15.5. The minimum atomic E-state index is -0.376. The molecule has 5 nitrogen and oxygen atoms in total. The lowest BCUT2D eigenvalue weighted by atomic mass is 10.1. The number of hydrogen-bond donors (Lipinski definition) is 0. The lowest BCUT2D eigenvalue weighted by Crippen LogP contribution is -2.09. The minimum Gasteiger partial charge on any atom is -0.422 e. The van der Waals surface area contributed by atoms with Gasteiger partial charge in [-0.1, -0.05) is 65.9 Å². The van der Waals surface area contributed by atoms with Crippen molar-refractivity contribution in [3.8, 4) is 5.75 Å². The van der Waals surface area contributed by atoms with E-state index in [-0.39, 0.29) is 5.97 Å². The Morgan fingerprint density at radius 2 is 1.59 bits per heavy atom. The normalized spacial score (nSPS) is 11.0. The van der Waals surface area contributed by atoms with Gasteiger partial charge in [0.15, 0.2) is 0 Å². The monoisotopic (exact) mass is 379 g/mol. The Labute approximate surface area is 167 Å². The summed E-state index contributed by atoms with van der Waals surface area (Å²) in [6, 6.07) is 28.8. The van der Waals surface area contributed by atoms with E-state index >= 15 is 0 Å². The van der Waals surface area contributed by atoms with Crippen molar-refractivity contribution in [1.82, 2.24) is 15.0 Å². The Balaban J connectivity index is 1.35. The zero-order valence-electron chi connectivity index (χ0n) is 15.5. The number of carbonyl (C=O) groups excluding carboxylic acids is 1. The molecule has 0 aliphatic rings. The van der Waals surface area contributed by atoms with Crippen molar-refractivity contribution in [3.63, 3.8) is 0 Å². The summed E-state index contributed by atoms with van der Waals surface area (Å²) in [6.45, 7) is 0.583. The van der Waals surface area contributed by atoms with Gasteiger partial charge >= 0.3 is 5.97 Å². The molecule has 0 fully saturated rings. The van der Waals surface area contributed by atoms with Crippen LogP contribution in [-0.4, -0.2) is 21.0 Å². The van der Waals surface area contributed by atoms with Crippen molar-refractivity contribution >= 4 is 27.8 Å². The van der Waals surface area contributed by atoms with E-state index in [1.165, 1.54) is 0 Å². The SMILES string of the molecule is O=C(Oc1cccc2ccccc12)c1ccc(Cn2nnc3ccccc32)cc1. The van der Waals surface area contributed by atoms with E-state index in [1.807, 2.05) is 83.5 Å². The standard InChI is InChI=1S/C24H17N3O2/c28-24(29-23-11-5-7-18-6-1-2-8-20(18)23)19-14-12-17(13-15-19)16-27-22-10-4-3-9-21(22)25-26-27/h1-15H,16H2. The summed E-state index contributed by atoms with van der Waals surface area (Å²) in [7, 11) is 0. The second-order valence-electron chi connectivity index (χ2n) is 6.80. The first kappa shape index (κ1) is 17.1. The molecule has 140 valence electrons. The molecule has 0 N–H and O–H groups in total. The molecule has 29 heavy (non-hydrogen) atoms. The summed E-state index contributed by atoms with van der Waals surface area (Å²) in [5.41, 5.74) is 3.38. The number of nitrogens with zero attached hydrogens (tertiary/aromatic N) is 3. The Kier molecular flexibility index (Phi) is 4.26. The number of rotatable bonds is 4. The molecule has 1 aromatic heterocycles. The van der Waals surface area contributed by atoms with Gasteiger partial charge in [-0.25, -0.2) is 9.48 Å². The van der Waals surface area contributed by atoms with Crippen LogP contribution in [0.2, 0.25) is 0 Å². The van der Waals surface area contributed by atoms with Gasteiger partial charge in [-0.2, -0.15) is 0 Å². The molecule has 5 rings (SSSR count). The number of esters is 1. The maximum absolute atomic E-state index is 12.6. The maximum Gasteiger partial charge on any atom is 0.343 e. The van der Waals surface area contributed by atoms with E-state index in [0.717, 1.165) is 27.4 Å². The molecule has 0 bridgehead atoms. The average Bonchev–Trinajstić information content (AvgIpc) is 3.17. The van der Waals surface area contributed by atoms with Crippen LogP contribution in [-0.2, 0) is 6.54 Å². The third-order valence-electron chi connectivity index (χ3n) is 4.89. The van der Waals surface area contributed by atoms with Crippen molar-refractivity contribution in [3.05, 3.63) is 102 Å². The van der Waals surface area contributed by atoms with E-state index in [1.54, 1.807) is 12.1 Å². The maximum atomic E-state index is 12.6. The second-order valence-corrected chi connectivity index (χ2v) is 6.80. The number of carbonyl (C=O) groups is 1. The smallest absolute Gasteiger partial charge is 0.343 e. The first-order valence-electron chi connectivity index (χ1n) is 9.35. The van der Waals surface area contributed by atoms with Crippen LogP contribution in [0.1, 0.15) is 15.9 Å². The van der Waals surface area contributed by atoms with Gasteiger partial charge in [0, 0.05) is 5.39 Å². The van der Waals surface area contributed by atoms with E-state index < -0.39 is 0 Å². The molecule has 0 atom stereocenters. The van der Waals surface area contributed by atoms with Crippen molar-refractivity contribution in [2.45, 2.75) is 6.54 Å². The van der Waals surface area contributed by atoms with Crippen molar-refractivity contribution in [2.75, 3.05) is 0 Å². The van der Waals surface area contributed by atoms with Gasteiger partial charge in [0.1, 0.15) is 11.3 Å². The van der Waals surface area contributed by atoms with Crippen LogP contribution >= 0.6 is 0 Å². The molecule has 1 heterocycles. The molecular formula is C24H17N3O2. The molecule has 0 unspecified atom stereocenters. The van der Waals surface area contributed by atoms with Crippen LogP contribution in [0.15, 0.2) is 91.0 Å². The molecule has 0 amide bonds. The fourth-order valence-corrected chi connectivity index (χ4v) is 3.40. The number of para-hydroxylation sites is 1. The first-order valence-corrected chi connectivity index (χ1v) is 9.35. The van der Waals surface area contributed by atoms with E-state index in [0.29, 0.717) is 17.9 Å². The quantitative estimate of drug-likeness (QED) is 0.331. The van der Waals surface area contributed by atoms with Gasteiger partial charge in [0.2, 0.25) is 0 Å². The highest BCUT2D eigenvalue weighted by atomic mass is 16.5. The fraction of sp³-hybridized carbons (Fsp3) is 0.0417. The first-order chi connectivity index (χ1) is 14.3. The van der Waals surface area contributed by atoms with Crippen molar-refractivity contribution < 1.29 is 9.53 Å². The second kappa shape index (κ2) is 7.20. The van der Waals surface area contributed by atoms with Gasteiger partial charge in [0.05, 0.1) is 17.6 Å². The third kappa shape index (κ3) is 3.34. The molecule has 0 saturated heterocycles. The van der Waals surface area contributed by atoms with Crippen molar-refractivity contribution in [2.24, 2.45) is 0 Å². The fourth-order valence-electron chi connectivity index (χ4n) is 3.40. The average molecular weight is 379 g/mol. The number of aromatic nitrogens is 3. The zero-order chi connectivity index (χ0) is 19.6. The molecule has 0 radical (unpaired) electrons. The highest BCUT2D eigenvalue weighted by molar-refractivity contribution is 5.95. The van der Waals surface area contributed by atoms with Crippen LogP contribution in [0.3, 0.4) is 0 Å².